The van der Waals surface area contributed by atoms with Gasteiger partial charge in [0, 0.05) is 35.2 Å². The van der Waals surface area contributed by atoms with Gasteiger partial charge >= 0.3 is 0 Å². The first-order valence-electron chi connectivity index (χ1n) is 7.92. The lowest BCUT2D eigenvalue weighted by atomic mass is 9.88. The molecule has 1 heterocycles. The van der Waals surface area contributed by atoms with E-state index in [1.807, 2.05) is 0 Å². The minimum atomic E-state index is -0.0626. The van der Waals surface area contributed by atoms with Crippen LogP contribution in [0.25, 0.3) is 0 Å². The maximum absolute atomic E-state index is 12.5. The lowest BCUT2D eigenvalue weighted by molar-refractivity contribution is 0.0650. The summed E-state index contributed by atoms with van der Waals surface area (Å²) in [5.41, 5.74) is 1.22. The summed E-state index contributed by atoms with van der Waals surface area (Å²) >= 11 is 5.85. The molecule has 1 N–H and O–H groups in total. The molecule has 0 atom stereocenters. The van der Waals surface area contributed by atoms with Crippen molar-refractivity contribution in [2.24, 2.45) is 5.92 Å². The highest BCUT2D eigenvalue weighted by molar-refractivity contribution is 6.30. The van der Waals surface area contributed by atoms with Gasteiger partial charge in [-0.05, 0) is 61.4 Å². The molecule has 0 unspecified atom stereocenters. The standard InChI is InChI=1S/C19H18ClNO3/c20-16-5-1-13(2-6-16)18(23)14-9-11-21(12-10-14)19(24)15-3-7-17(22)8-4-15/h1-8,14,22H,9-12H2. The largest absolute Gasteiger partial charge is 0.508 e. The minimum absolute atomic E-state index is 0.0601. The molecule has 3 rings (SSSR count). The minimum Gasteiger partial charge on any atom is -0.508 e. The van der Waals surface area contributed by atoms with Gasteiger partial charge in [0.05, 0.1) is 0 Å². The molecule has 5 heteroatoms. The van der Waals surface area contributed by atoms with Gasteiger partial charge in [-0.2, -0.15) is 0 Å². The number of benzene rings is 2. The first-order chi connectivity index (χ1) is 11.5. The highest BCUT2D eigenvalue weighted by Gasteiger charge is 2.28. The number of aromatic hydroxyl groups is 1. The Morgan fingerprint density at radius 2 is 1.46 bits per heavy atom. The van der Waals surface area contributed by atoms with Crippen LogP contribution >= 0.6 is 11.6 Å². The summed E-state index contributed by atoms with van der Waals surface area (Å²) in [5.74, 6) is 0.129. The van der Waals surface area contributed by atoms with E-state index in [1.165, 1.54) is 12.1 Å². The van der Waals surface area contributed by atoms with Gasteiger partial charge in [0.1, 0.15) is 5.75 Å². The van der Waals surface area contributed by atoms with E-state index in [4.69, 9.17) is 11.6 Å². The summed E-state index contributed by atoms with van der Waals surface area (Å²) in [4.78, 5) is 26.7. The summed E-state index contributed by atoms with van der Waals surface area (Å²) in [6.45, 7) is 1.12. The van der Waals surface area contributed by atoms with Gasteiger partial charge in [-0.3, -0.25) is 9.59 Å². The molecule has 0 aliphatic carbocycles. The average molecular weight is 344 g/mol. The normalized spacial score (nSPS) is 15.3. The van der Waals surface area contributed by atoms with Gasteiger partial charge in [-0.25, -0.2) is 0 Å². The Balaban J connectivity index is 1.61. The monoisotopic (exact) mass is 343 g/mol. The second-order valence-corrected chi connectivity index (χ2v) is 6.42. The van der Waals surface area contributed by atoms with Crippen LogP contribution in [-0.4, -0.2) is 34.8 Å². The molecule has 0 bridgehead atoms. The molecular formula is C19H18ClNO3. The van der Waals surface area contributed by atoms with E-state index in [9.17, 15) is 14.7 Å². The molecule has 24 heavy (non-hydrogen) atoms. The zero-order valence-corrected chi connectivity index (χ0v) is 13.9. The van der Waals surface area contributed by atoms with E-state index in [0.717, 1.165) is 0 Å². The Morgan fingerprint density at radius 3 is 2.04 bits per heavy atom. The molecule has 0 aromatic heterocycles. The van der Waals surface area contributed by atoms with Crippen molar-refractivity contribution in [3.8, 4) is 5.75 Å². The van der Waals surface area contributed by atoms with E-state index in [1.54, 1.807) is 41.3 Å². The first kappa shape index (κ1) is 16.5. The lowest BCUT2D eigenvalue weighted by Gasteiger charge is -2.31. The van der Waals surface area contributed by atoms with Gasteiger partial charge < -0.3 is 10.0 Å². The Bertz CT molecular complexity index is 667. The zero-order valence-electron chi connectivity index (χ0n) is 13.1. The molecule has 2 aromatic carbocycles. The fourth-order valence-corrected chi connectivity index (χ4v) is 3.11. The SMILES string of the molecule is O=C(c1ccc(Cl)cc1)C1CCN(C(=O)c2ccc(O)cc2)CC1. The third-order valence-electron chi connectivity index (χ3n) is 4.40. The van der Waals surface area contributed by atoms with Crippen molar-refractivity contribution in [2.45, 2.75) is 12.8 Å². The van der Waals surface area contributed by atoms with Gasteiger partial charge in [0.25, 0.3) is 5.91 Å². The van der Waals surface area contributed by atoms with Crippen LogP contribution in [0.15, 0.2) is 48.5 Å². The lowest BCUT2D eigenvalue weighted by Crippen LogP contribution is -2.40. The summed E-state index contributed by atoms with van der Waals surface area (Å²) in [7, 11) is 0. The molecule has 0 radical (unpaired) electrons. The fourth-order valence-electron chi connectivity index (χ4n) is 2.98. The van der Waals surface area contributed by atoms with Crippen LogP contribution in [0.3, 0.4) is 0 Å². The molecule has 2 aromatic rings. The van der Waals surface area contributed by atoms with E-state index >= 15 is 0 Å². The number of piperidine rings is 1. The molecule has 1 fully saturated rings. The Hall–Kier alpha value is -2.33. The molecular weight excluding hydrogens is 326 g/mol. The molecule has 1 aliphatic rings. The molecule has 4 nitrogen and oxygen atoms in total. The van der Waals surface area contributed by atoms with Crippen molar-refractivity contribution < 1.29 is 14.7 Å². The Labute approximate surface area is 145 Å². The van der Waals surface area contributed by atoms with Crippen LogP contribution in [0.1, 0.15) is 33.6 Å². The van der Waals surface area contributed by atoms with Gasteiger partial charge in [-0.15, -0.1) is 0 Å². The number of carbonyl (C=O) groups excluding carboxylic acids is 2. The summed E-state index contributed by atoms with van der Waals surface area (Å²) < 4.78 is 0. The first-order valence-corrected chi connectivity index (χ1v) is 8.30. The van der Waals surface area contributed by atoms with Crippen LogP contribution in [0.2, 0.25) is 5.02 Å². The number of likely N-dealkylation sites (tertiary alicyclic amines) is 1. The van der Waals surface area contributed by atoms with Crippen molar-refractivity contribution >= 4 is 23.3 Å². The quantitative estimate of drug-likeness (QED) is 0.863. The van der Waals surface area contributed by atoms with Crippen molar-refractivity contribution in [1.29, 1.82) is 0 Å². The molecule has 1 saturated heterocycles. The number of rotatable bonds is 3. The van der Waals surface area contributed by atoms with Crippen LogP contribution in [0.5, 0.6) is 5.75 Å². The van der Waals surface area contributed by atoms with Gasteiger partial charge in [0.2, 0.25) is 0 Å². The van der Waals surface area contributed by atoms with Crippen LogP contribution < -0.4 is 0 Å². The van der Waals surface area contributed by atoms with Crippen molar-refractivity contribution in [3.05, 3.63) is 64.7 Å². The number of carbonyl (C=O) groups is 2. The highest BCUT2D eigenvalue weighted by Crippen LogP contribution is 2.24. The average Bonchev–Trinajstić information content (AvgIpc) is 2.62. The fraction of sp³-hybridized carbons (Fsp3) is 0.263. The molecule has 0 saturated carbocycles. The third-order valence-corrected chi connectivity index (χ3v) is 4.65. The summed E-state index contributed by atoms with van der Waals surface area (Å²) in [5, 5.41) is 9.91. The van der Waals surface area contributed by atoms with E-state index in [0.29, 0.717) is 42.1 Å². The number of ketones is 1. The van der Waals surface area contributed by atoms with Gasteiger partial charge in [0.15, 0.2) is 5.78 Å². The number of phenolic OH excluding ortho intramolecular Hbond substituents is 1. The number of hydrogen-bond acceptors (Lipinski definition) is 3. The maximum atomic E-state index is 12.5. The topological polar surface area (TPSA) is 57.6 Å². The van der Waals surface area contributed by atoms with E-state index in [2.05, 4.69) is 0 Å². The molecule has 124 valence electrons. The number of hydrogen-bond donors (Lipinski definition) is 1. The number of phenols is 1. The van der Waals surface area contributed by atoms with Crippen molar-refractivity contribution in [3.63, 3.8) is 0 Å². The number of halogens is 1. The maximum Gasteiger partial charge on any atom is 0.253 e. The van der Waals surface area contributed by atoms with Crippen molar-refractivity contribution in [1.82, 2.24) is 4.90 Å². The van der Waals surface area contributed by atoms with E-state index in [-0.39, 0.29) is 23.4 Å². The van der Waals surface area contributed by atoms with Gasteiger partial charge in [-0.1, -0.05) is 11.6 Å². The van der Waals surface area contributed by atoms with E-state index < -0.39 is 0 Å². The number of Topliss-reactive ketones (excluding diaryl/α,β-unsaturated/α-hetero) is 1. The Morgan fingerprint density at radius 1 is 0.917 bits per heavy atom. The predicted molar refractivity (Wildman–Crippen MR) is 92.5 cm³/mol. The van der Waals surface area contributed by atoms with Crippen molar-refractivity contribution in [2.75, 3.05) is 13.1 Å². The predicted octanol–water partition coefficient (Wildman–Crippen LogP) is 3.78. The van der Waals surface area contributed by atoms with Crippen LogP contribution in [-0.2, 0) is 0 Å². The highest BCUT2D eigenvalue weighted by atomic mass is 35.5. The number of nitrogens with zero attached hydrogens (tertiary/aromatic N) is 1. The second-order valence-electron chi connectivity index (χ2n) is 5.98. The second kappa shape index (κ2) is 7.05. The molecule has 0 spiro atoms. The zero-order chi connectivity index (χ0) is 17.1. The smallest absolute Gasteiger partial charge is 0.253 e. The van der Waals surface area contributed by atoms with Crippen LogP contribution in [0, 0.1) is 5.92 Å². The summed E-state index contributed by atoms with van der Waals surface area (Å²) in [6.07, 6.45) is 1.32. The van der Waals surface area contributed by atoms with Crippen LogP contribution in [0.4, 0.5) is 0 Å². The third kappa shape index (κ3) is 3.60. The molecule has 1 amide bonds. The molecule has 1 aliphatic heterocycles. The summed E-state index contributed by atoms with van der Waals surface area (Å²) in [6, 6.07) is 13.2. The number of amides is 1. The Kier molecular flexibility index (Phi) is 4.86.